The Labute approximate surface area is 108 Å². The van der Waals surface area contributed by atoms with Crippen molar-refractivity contribution in [3.05, 3.63) is 17.0 Å². The van der Waals surface area contributed by atoms with E-state index in [9.17, 15) is 0 Å². The van der Waals surface area contributed by atoms with E-state index >= 15 is 0 Å². The van der Waals surface area contributed by atoms with E-state index in [1.807, 2.05) is 6.92 Å². The van der Waals surface area contributed by atoms with Crippen LogP contribution in [0.1, 0.15) is 18.4 Å². The third-order valence-electron chi connectivity index (χ3n) is 3.23. The smallest absolute Gasteiger partial charge is 0.224 e. The number of nitrogens with zero attached hydrogens (tertiary/aromatic N) is 4. The van der Waals surface area contributed by atoms with Gasteiger partial charge in [0.2, 0.25) is 5.28 Å². The fraction of sp³-hybridized carbons (Fsp3) is 0.667. The molecule has 0 atom stereocenters. The lowest BCUT2D eigenvalue weighted by Gasteiger charge is -2.23. The first kappa shape index (κ1) is 12.6. The fourth-order valence-corrected chi connectivity index (χ4v) is 2.33. The van der Waals surface area contributed by atoms with Gasteiger partial charge in [-0.25, -0.2) is 9.97 Å². The molecule has 0 bridgehead atoms. The molecule has 0 spiro atoms. The van der Waals surface area contributed by atoms with Gasteiger partial charge in [0.05, 0.1) is 0 Å². The summed E-state index contributed by atoms with van der Waals surface area (Å²) in [7, 11) is 2.06. The van der Waals surface area contributed by atoms with Gasteiger partial charge in [-0.05, 0) is 44.5 Å². The zero-order valence-corrected chi connectivity index (χ0v) is 11.2. The quantitative estimate of drug-likeness (QED) is 0.769. The average Bonchev–Trinajstić information content (AvgIpc) is 2.82. The number of likely N-dealkylation sites (tertiary alicyclic amines) is 1. The molecule has 0 N–H and O–H groups in total. The van der Waals surface area contributed by atoms with E-state index in [0.29, 0.717) is 5.28 Å². The number of hydrogen-bond acceptors (Lipinski definition) is 4. The summed E-state index contributed by atoms with van der Waals surface area (Å²) in [4.78, 5) is 12.9. The maximum Gasteiger partial charge on any atom is 0.224 e. The number of hydrogen-bond donors (Lipinski definition) is 0. The Bertz CT molecular complexity index is 377. The third-order valence-corrected chi connectivity index (χ3v) is 3.41. The molecule has 0 unspecified atom stereocenters. The first-order valence-electron chi connectivity index (χ1n) is 6.09. The highest BCUT2D eigenvalue weighted by Gasteiger charge is 2.13. The van der Waals surface area contributed by atoms with Gasteiger partial charge in [-0.15, -0.1) is 0 Å². The number of aromatic nitrogens is 2. The predicted molar refractivity (Wildman–Crippen MR) is 70.7 cm³/mol. The number of aryl methyl sites for hydroxylation is 1. The van der Waals surface area contributed by atoms with E-state index in [1.165, 1.54) is 25.9 Å². The largest absolute Gasteiger partial charge is 0.358 e. The fourth-order valence-electron chi connectivity index (χ4n) is 2.20. The van der Waals surface area contributed by atoms with Crippen LogP contribution in [-0.4, -0.2) is 48.1 Å². The maximum atomic E-state index is 5.83. The molecule has 1 aliphatic rings. The number of likely N-dealkylation sites (N-methyl/N-ethyl adjacent to an activating group) is 1. The highest BCUT2D eigenvalue weighted by Crippen LogP contribution is 2.17. The van der Waals surface area contributed by atoms with Crippen LogP contribution in [0.4, 0.5) is 5.82 Å². The van der Waals surface area contributed by atoms with Gasteiger partial charge in [0.25, 0.3) is 0 Å². The molecule has 1 aromatic heterocycles. The zero-order chi connectivity index (χ0) is 12.3. The summed E-state index contributed by atoms with van der Waals surface area (Å²) in [6, 6.07) is 0. The van der Waals surface area contributed by atoms with Crippen LogP contribution >= 0.6 is 11.6 Å². The normalized spacial score (nSPS) is 16.4. The first-order valence-corrected chi connectivity index (χ1v) is 6.47. The van der Waals surface area contributed by atoms with Crippen LogP contribution in [0.5, 0.6) is 0 Å². The molecule has 0 amide bonds. The standard InChI is InChI=1S/C12H19ClN4/c1-10-9-14-12(13)15-11(10)16(2)7-8-17-5-3-4-6-17/h9H,3-8H2,1-2H3. The van der Waals surface area contributed by atoms with Crippen molar-refractivity contribution >= 4 is 17.4 Å². The van der Waals surface area contributed by atoms with Gasteiger partial charge >= 0.3 is 0 Å². The SMILES string of the molecule is Cc1cnc(Cl)nc1N(C)CCN1CCCC1. The van der Waals surface area contributed by atoms with E-state index in [0.717, 1.165) is 24.5 Å². The summed E-state index contributed by atoms with van der Waals surface area (Å²) >= 11 is 5.83. The summed E-state index contributed by atoms with van der Waals surface area (Å²) in [5, 5.41) is 0.318. The Hall–Kier alpha value is -0.870. The molecule has 0 aliphatic carbocycles. The van der Waals surface area contributed by atoms with Gasteiger partial charge in [-0.2, -0.15) is 0 Å². The predicted octanol–water partition coefficient (Wildman–Crippen LogP) is 1.97. The van der Waals surface area contributed by atoms with Crippen molar-refractivity contribution in [3.8, 4) is 0 Å². The molecule has 1 fully saturated rings. The van der Waals surface area contributed by atoms with Crippen molar-refractivity contribution in [2.24, 2.45) is 0 Å². The molecule has 0 radical (unpaired) electrons. The molecular formula is C12H19ClN4. The molecule has 5 heteroatoms. The minimum absolute atomic E-state index is 0.318. The summed E-state index contributed by atoms with van der Waals surface area (Å²) in [6.45, 7) is 6.55. The number of halogens is 1. The van der Waals surface area contributed by atoms with Crippen LogP contribution < -0.4 is 4.90 Å². The summed E-state index contributed by atoms with van der Waals surface area (Å²) < 4.78 is 0. The highest BCUT2D eigenvalue weighted by molar-refractivity contribution is 6.28. The van der Waals surface area contributed by atoms with Crippen molar-refractivity contribution < 1.29 is 0 Å². The van der Waals surface area contributed by atoms with E-state index in [1.54, 1.807) is 6.20 Å². The Kier molecular flexibility index (Phi) is 4.18. The minimum Gasteiger partial charge on any atom is -0.358 e. The number of rotatable bonds is 4. The average molecular weight is 255 g/mol. The monoisotopic (exact) mass is 254 g/mol. The first-order chi connectivity index (χ1) is 8.16. The molecule has 1 saturated heterocycles. The van der Waals surface area contributed by atoms with Gasteiger partial charge in [-0.3, -0.25) is 0 Å². The van der Waals surface area contributed by atoms with Crippen LogP contribution in [-0.2, 0) is 0 Å². The van der Waals surface area contributed by atoms with Gasteiger partial charge in [0.15, 0.2) is 0 Å². The molecule has 2 heterocycles. The molecule has 94 valence electrons. The van der Waals surface area contributed by atoms with Crippen LogP contribution in [0.25, 0.3) is 0 Å². The van der Waals surface area contributed by atoms with Crippen LogP contribution in [0.3, 0.4) is 0 Å². The molecule has 0 saturated carbocycles. The molecule has 0 aromatic carbocycles. The Balaban J connectivity index is 1.93. The molecular weight excluding hydrogens is 236 g/mol. The second-order valence-electron chi connectivity index (χ2n) is 4.62. The molecule has 1 aliphatic heterocycles. The topological polar surface area (TPSA) is 32.3 Å². The Morgan fingerprint density at radius 2 is 2.12 bits per heavy atom. The summed E-state index contributed by atoms with van der Waals surface area (Å²) in [5.74, 6) is 0.934. The molecule has 1 aromatic rings. The van der Waals surface area contributed by atoms with Crippen molar-refractivity contribution in [3.63, 3.8) is 0 Å². The van der Waals surface area contributed by atoms with Gasteiger partial charge in [0.1, 0.15) is 5.82 Å². The second-order valence-corrected chi connectivity index (χ2v) is 4.95. The minimum atomic E-state index is 0.318. The highest BCUT2D eigenvalue weighted by atomic mass is 35.5. The van der Waals surface area contributed by atoms with Gasteiger partial charge in [0, 0.05) is 31.9 Å². The lowest BCUT2D eigenvalue weighted by Crippen LogP contribution is -2.32. The third kappa shape index (κ3) is 3.30. The van der Waals surface area contributed by atoms with Crippen molar-refractivity contribution in [1.82, 2.24) is 14.9 Å². The van der Waals surface area contributed by atoms with E-state index < -0.39 is 0 Å². The lowest BCUT2D eigenvalue weighted by atomic mass is 10.3. The van der Waals surface area contributed by atoms with Crippen molar-refractivity contribution in [1.29, 1.82) is 0 Å². The molecule has 2 rings (SSSR count). The van der Waals surface area contributed by atoms with E-state index in [-0.39, 0.29) is 0 Å². The summed E-state index contributed by atoms with van der Waals surface area (Å²) in [5.41, 5.74) is 1.07. The summed E-state index contributed by atoms with van der Waals surface area (Å²) in [6.07, 6.45) is 4.45. The second kappa shape index (κ2) is 5.65. The van der Waals surface area contributed by atoms with Crippen LogP contribution in [0, 0.1) is 6.92 Å². The molecule has 4 nitrogen and oxygen atoms in total. The molecule has 17 heavy (non-hydrogen) atoms. The number of anilines is 1. The van der Waals surface area contributed by atoms with Crippen molar-refractivity contribution in [2.45, 2.75) is 19.8 Å². The van der Waals surface area contributed by atoms with Crippen molar-refractivity contribution in [2.75, 3.05) is 38.1 Å². The Morgan fingerprint density at radius 3 is 2.82 bits per heavy atom. The maximum absolute atomic E-state index is 5.83. The lowest BCUT2D eigenvalue weighted by molar-refractivity contribution is 0.346. The zero-order valence-electron chi connectivity index (χ0n) is 10.5. The van der Waals surface area contributed by atoms with Crippen LogP contribution in [0.2, 0.25) is 5.28 Å². The Morgan fingerprint density at radius 1 is 1.41 bits per heavy atom. The van der Waals surface area contributed by atoms with Gasteiger partial charge in [-0.1, -0.05) is 0 Å². The van der Waals surface area contributed by atoms with E-state index in [2.05, 4.69) is 26.8 Å². The van der Waals surface area contributed by atoms with Crippen LogP contribution in [0.15, 0.2) is 6.20 Å². The van der Waals surface area contributed by atoms with Gasteiger partial charge < -0.3 is 9.80 Å². The van der Waals surface area contributed by atoms with E-state index in [4.69, 9.17) is 11.6 Å².